The Morgan fingerprint density at radius 2 is 2.00 bits per heavy atom. The number of ether oxygens (including phenoxy) is 2. The Hall–Kier alpha value is -2.93. The summed E-state index contributed by atoms with van der Waals surface area (Å²) < 4.78 is 12.6. The molecule has 152 valence electrons. The zero-order valence-corrected chi connectivity index (χ0v) is 17.0. The fraction of sp³-hybridized carbons (Fsp3) is 0.409. The molecule has 1 atom stereocenters. The van der Waals surface area contributed by atoms with Gasteiger partial charge in [0.15, 0.2) is 5.65 Å². The van der Waals surface area contributed by atoms with Gasteiger partial charge < -0.3 is 18.9 Å². The van der Waals surface area contributed by atoms with Crippen LogP contribution in [0.5, 0.6) is 5.75 Å². The monoisotopic (exact) mass is 394 g/mol. The number of carbonyl (C=O) groups is 1. The molecule has 1 aliphatic rings. The summed E-state index contributed by atoms with van der Waals surface area (Å²) in [4.78, 5) is 24.2. The minimum atomic E-state index is -0.0886. The molecule has 7 nitrogen and oxygen atoms in total. The molecule has 0 saturated heterocycles. The van der Waals surface area contributed by atoms with Crippen molar-refractivity contribution in [2.24, 2.45) is 0 Å². The maximum absolute atomic E-state index is 13.4. The number of nitrogens with zero attached hydrogens (tertiary/aromatic N) is 4. The van der Waals surface area contributed by atoms with Crippen LogP contribution < -0.4 is 4.74 Å². The minimum absolute atomic E-state index is 0.0826. The van der Waals surface area contributed by atoms with Crippen LogP contribution in [0.3, 0.4) is 0 Å². The zero-order chi connectivity index (χ0) is 20.4. The lowest BCUT2D eigenvalue weighted by atomic mass is 10.1. The van der Waals surface area contributed by atoms with Crippen molar-refractivity contribution in [3.63, 3.8) is 0 Å². The molecule has 0 radical (unpaired) electrons. The maximum Gasteiger partial charge on any atom is 0.256 e. The quantitative estimate of drug-likeness (QED) is 0.585. The van der Waals surface area contributed by atoms with Gasteiger partial charge in [0.05, 0.1) is 31.6 Å². The molecule has 1 aliphatic carbocycles. The predicted octanol–water partition coefficient (Wildman–Crippen LogP) is 3.45. The van der Waals surface area contributed by atoms with E-state index in [1.54, 1.807) is 20.4 Å². The van der Waals surface area contributed by atoms with E-state index in [9.17, 15) is 4.79 Å². The third-order valence-electron chi connectivity index (χ3n) is 5.31. The Morgan fingerprint density at radius 1 is 1.24 bits per heavy atom. The number of fused-ring (bicyclic) bond motifs is 1. The average molecular weight is 394 g/mol. The highest BCUT2D eigenvalue weighted by atomic mass is 16.5. The molecule has 1 saturated carbocycles. The summed E-state index contributed by atoms with van der Waals surface area (Å²) >= 11 is 0. The lowest BCUT2D eigenvalue weighted by molar-refractivity contribution is 0.0542. The standard InChI is InChI=1S/C22H26N4O3/c1-15(13-28-2)25(12-16-4-8-19(29-3)9-5-16)22(27)17-10-20-21(23-11-17)26(14-24-20)18-6-7-18/h4-5,8-11,14-15,18H,6-7,12-13H2,1-3H3. The van der Waals surface area contributed by atoms with Gasteiger partial charge in [-0.15, -0.1) is 0 Å². The summed E-state index contributed by atoms with van der Waals surface area (Å²) in [5, 5.41) is 0. The number of methoxy groups -OCH3 is 2. The van der Waals surface area contributed by atoms with E-state index in [0.717, 1.165) is 35.3 Å². The van der Waals surface area contributed by atoms with Crippen molar-refractivity contribution < 1.29 is 14.3 Å². The first-order chi connectivity index (χ1) is 14.1. The molecule has 2 heterocycles. The van der Waals surface area contributed by atoms with Gasteiger partial charge in [-0.25, -0.2) is 9.97 Å². The van der Waals surface area contributed by atoms with Crippen LogP contribution in [0.1, 0.15) is 41.7 Å². The van der Waals surface area contributed by atoms with Crippen LogP contribution in [0, 0.1) is 0 Å². The first kappa shape index (κ1) is 19.4. The van der Waals surface area contributed by atoms with E-state index in [-0.39, 0.29) is 11.9 Å². The van der Waals surface area contributed by atoms with Gasteiger partial charge in [0.1, 0.15) is 11.3 Å². The van der Waals surface area contributed by atoms with E-state index in [0.29, 0.717) is 24.8 Å². The van der Waals surface area contributed by atoms with Crippen molar-refractivity contribution in [2.75, 3.05) is 20.8 Å². The van der Waals surface area contributed by atoms with E-state index in [1.165, 1.54) is 0 Å². The van der Waals surface area contributed by atoms with Gasteiger partial charge in [-0.05, 0) is 43.5 Å². The van der Waals surface area contributed by atoms with Gasteiger partial charge >= 0.3 is 0 Å². The number of benzene rings is 1. The second-order valence-electron chi connectivity index (χ2n) is 7.54. The van der Waals surface area contributed by atoms with Crippen LogP contribution in [-0.2, 0) is 11.3 Å². The minimum Gasteiger partial charge on any atom is -0.497 e. The molecule has 1 aromatic carbocycles. The van der Waals surface area contributed by atoms with Crippen molar-refractivity contribution in [3.8, 4) is 5.75 Å². The molecule has 0 bridgehead atoms. The smallest absolute Gasteiger partial charge is 0.256 e. The predicted molar refractivity (Wildman–Crippen MR) is 110 cm³/mol. The van der Waals surface area contributed by atoms with Crippen LogP contribution in [0.2, 0.25) is 0 Å². The van der Waals surface area contributed by atoms with Crippen molar-refractivity contribution in [2.45, 2.75) is 38.4 Å². The highest BCUT2D eigenvalue weighted by molar-refractivity contribution is 5.96. The molecule has 3 aromatic rings. The first-order valence-corrected chi connectivity index (χ1v) is 9.86. The van der Waals surface area contributed by atoms with E-state index in [2.05, 4.69) is 14.5 Å². The number of pyridine rings is 1. The molecule has 0 N–H and O–H groups in total. The number of hydrogen-bond acceptors (Lipinski definition) is 5. The highest BCUT2D eigenvalue weighted by Gasteiger charge is 2.27. The number of carbonyl (C=O) groups excluding carboxylic acids is 1. The Balaban J connectivity index is 1.60. The van der Waals surface area contributed by atoms with Gasteiger partial charge in [-0.1, -0.05) is 12.1 Å². The van der Waals surface area contributed by atoms with E-state index in [4.69, 9.17) is 9.47 Å². The second-order valence-corrected chi connectivity index (χ2v) is 7.54. The largest absolute Gasteiger partial charge is 0.497 e. The summed E-state index contributed by atoms with van der Waals surface area (Å²) in [6.45, 7) is 2.91. The van der Waals surface area contributed by atoms with Gasteiger partial charge in [0.2, 0.25) is 0 Å². The summed E-state index contributed by atoms with van der Waals surface area (Å²) in [6.07, 6.45) is 5.81. The third-order valence-corrected chi connectivity index (χ3v) is 5.31. The third kappa shape index (κ3) is 4.10. The Labute approximate surface area is 170 Å². The molecule has 0 aliphatic heterocycles. The molecule has 29 heavy (non-hydrogen) atoms. The number of amides is 1. The maximum atomic E-state index is 13.4. The van der Waals surface area contributed by atoms with Crippen LogP contribution in [0.15, 0.2) is 42.9 Å². The van der Waals surface area contributed by atoms with E-state index >= 15 is 0 Å². The Morgan fingerprint density at radius 3 is 2.66 bits per heavy atom. The van der Waals surface area contributed by atoms with Crippen molar-refractivity contribution in [3.05, 3.63) is 54.0 Å². The van der Waals surface area contributed by atoms with Crippen LogP contribution in [-0.4, -0.2) is 52.2 Å². The molecule has 7 heteroatoms. The van der Waals surface area contributed by atoms with Crippen molar-refractivity contribution >= 4 is 17.1 Å². The molecule has 4 rings (SSSR count). The molecule has 1 amide bonds. The van der Waals surface area contributed by atoms with Gasteiger partial charge in [-0.3, -0.25) is 4.79 Å². The summed E-state index contributed by atoms with van der Waals surface area (Å²) in [7, 11) is 3.28. The fourth-order valence-corrected chi connectivity index (χ4v) is 3.51. The topological polar surface area (TPSA) is 69.5 Å². The molecule has 2 aromatic heterocycles. The molecule has 1 unspecified atom stereocenters. The Kier molecular flexibility index (Phi) is 5.49. The van der Waals surface area contributed by atoms with Crippen LogP contribution >= 0.6 is 0 Å². The number of imidazole rings is 1. The number of rotatable bonds is 8. The number of aromatic nitrogens is 3. The normalized spacial score (nSPS) is 14.7. The van der Waals surface area contributed by atoms with Crippen LogP contribution in [0.25, 0.3) is 11.2 Å². The molecule has 1 fully saturated rings. The average Bonchev–Trinajstić information content (AvgIpc) is 3.50. The molecule has 0 spiro atoms. The van der Waals surface area contributed by atoms with Crippen molar-refractivity contribution in [1.82, 2.24) is 19.4 Å². The summed E-state index contributed by atoms with van der Waals surface area (Å²) in [5.41, 5.74) is 3.16. The van der Waals surface area contributed by atoms with Gasteiger partial charge in [0, 0.05) is 25.9 Å². The van der Waals surface area contributed by atoms with Gasteiger partial charge in [0.25, 0.3) is 5.91 Å². The van der Waals surface area contributed by atoms with E-state index < -0.39 is 0 Å². The summed E-state index contributed by atoms with van der Waals surface area (Å²) in [5.74, 6) is 0.707. The first-order valence-electron chi connectivity index (χ1n) is 9.86. The highest BCUT2D eigenvalue weighted by Crippen LogP contribution is 2.36. The fourth-order valence-electron chi connectivity index (χ4n) is 3.51. The van der Waals surface area contributed by atoms with Crippen LogP contribution in [0.4, 0.5) is 0 Å². The second kappa shape index (κ2) is 8.21. The molecular weight excluding hydrogens is 368 g/mol. The van der Waals surface area contributed by atoms with Crippen molar-refractivity contribution in [1.29, 1.82) is 0 Å². The Bertz CT molecular complexity index is 995. The zero-order valence-electron chi connectivity index (χ0n) is 17.0. The number of hydrogen-bond donors (Lipinski definition) is 0. The SMILES string of the molecule is COCC(C)N(Cc1ccc(OC)cc1)C(=O)c1cnc2c(c1)ncn2C1CC1. The molecular formula is C22H26N4O3. The lowest BCUT2D eigenvalue weighted by Crippen LogP contribution is -2.40. The van der Waals surface area contributed by atoms with E-state index in [1.807, 2.05) is 48.5 Å². The van der Waals surface area contributed by atoms with Gasteiger partial charge in [-0.2, -0.15) is 0 Å². The summed E-state index contributed by atoms with van der Waals surface area (Å²) in [6, 6.07) is 9.99. The lowest BCUT2D eigenvalue weighted by Gasteiger charge is -2.29.